The van der Waals surface area contributed by atoms with Crippen LogP contribution in [0.5, 0.6) is 11.5 Å². The number of sulfonamides is 1. The largest absolute Gasteiger partial charge is 0.488 e. The minimum absolute atomic E-state index is 0.0215. The van der Waals surface area contributed by atoms with Crippen LogP contribution in [-0.2, 0) is 23.2 Å². The summed E-state index contributed by atoms with van der Waals surface area (Å²) in [6.07, 6.45) is 0. The van der Waals surface area contributed by atoms with Gasteiger partial charge in [-0.15, -0.1) is 0 Å². The number of benzene rings is 7. The van der Waals surface area contributed by atoms with E-state index in [1.54, 1.807) is 54.6 Å². The molecule has 0 aliphatic rings. The standard InChI is InChI=1S/C31H25ClN2O4S.C25H20ClNO3/c1-22-14-19-29(28-12-5-6-13-30(28)38-21-23-15-17-25(32)18-16-23)34(22)26-9-7-8-24(20-26)31(35)33-39(36,37)27-10-3-2-4-11-27;1-17-9-14-23(27(17)21-6-4-5-19(15-21)25(28)29)22-7-2-3-8-24(22)30-16-18-10-12-20(26)13-11-18/h2-20H,21H2,1H3,(H,33,35);2-15H,16H2,1H3,(H,28,29). The molecule has 0 atom stereocenters. The number of amides is 1. The molecule has 2 aromatic heterocycles. The number of carboxylic acids is 1. The normalized spacial score (nSPS) is 11.0. The van der Waals surface area contributed by atoms with Crippen LogP contribution in [0.1, 0.15) is 43.2 Å². The molecule has 2 N–H and O–H groups in total. The highest BCUT2D eigenvalue weighted by Crippen LogP contribution is 2.36. The maximum Gasteiger partial charge on any atom is 0.335 e. The molecule has 13 heteroatoms. The summed E-state index contributed by atoms with van der Waals surface area (Å²) in [7, 11) is -4.00. The third kappa shape index (κ3) is 11.5. The molecule has 0 aliphatic carbocycles. The summed E-state index contributed by atoms with van der Waals surface area (Å²) in [5.74, 6) is -0.204. The molecule has 0 radical (unpaired) electrons. The summed E-state index contributed by atoms with van der Waals surface area (Å²) in [5, 5.41) is 10.7. The van der Waals surface area contributed by atoms with Crippen LogP contribution >= 0.6 is 23.2 Å². The summed E-state index contributed by atoms with van der Waals surface area (Å²) in [6.45, 7) is 4.75. The van der Waals surface area contributed by atoms with Crippen LogP contribution in [0.4, 0.5) is 0 Å². The van der Waals surface area contributed by atoms with E-state index in [1.807, 2.05) is 156 Å². The Bertz CT molecular complexity index is 3370. The molecule has 1 amide bonds. The van der Waals surface area contributed by atoms with E-state index in [0.29, 0.717) is 34.7 Å². The molecule has 0 spiro atoms. The Morgan fingerprint density at radius 3 is 1.43 bits per heavy atom. The average molecular weight is 975 g/mol. The van der Waals surface area contributed by atoms with Gasteiger partial charge in [0.1, 0.15) is 24.7 Å². The van der Waals surface area contributed by atoms with E-state index >= 15 is 0 Å². The molecule has 0 fully saturated rings. The number of carboxylic acid groups (broad SMARTS) is 1. The minimum atomic E-state index is -4.00. The molecule has 69 heavy (non-hydrogen) atoms. The first-order valence-electron chi connectivity index (χ1n) is 21.7. The molecule has 0 aliphatic heterocycles. The first-order valence-corrected chi connectivity index (χ1v) is 23.9. The van der Waals surface area contributed by atoms with Crippen molar-refractivity contribution in [1.82, 2.24) is 13.9 Å². The quantitative estimate of drug-likeness (QED) is 0.111. The first-order chi connectivity index (χ1) is 33.3. The minimum Gasteiger partial charge on any atom is -0.488 e. The van der Waals surface area contributed by atoms with Crippen molar-refractivity contribution >= 4 is 45.1 Å². The second-order valence-electron chi connectivity index (χ2n) is 15.9. The number of nitrogens with zero attached hydrogens (tertiary/aromatic N) is 2. The molecule has 346 valence electrons. The van der Waals surface area contributed by atoms with Gasteiger partial charge in [0.15, 0.2) is 0 Å². The van der Waals surface area contributed by atoms with Gasteiger partial charge in [-0.25, -0.2) is 17.9 Å². The summed E-state index contributed by atoms with van der Waals surface area (Å²) in [4.78, 5) is 24.4. The Hall–Kier alpha value is -7.83. The fourth-order valence-electron chi connectivity index (χ4n) is 7.68. The number of hydrogen-bond donors (Lipinski definition) is 2. The molecule has 0 unspecified atom stereocenters. The Morgan fingerprint density at radius 2 is 0.957 bits per heavy atom. The summed E-state index contributed by atoms with van der Waals surface area (Å²) < 4.78 is 43.9. The van der Waals surface area contributed by atoms with Gasteiger partial charge in [-0.1, -0.05) is 102 Å². The summed E-state index contributed by atoms with van der Waals surface area (Å²) in [5.41, 5.74) is 9.53. The second kappa shape index (κ2) is 21.4. The van der Waals surface area contributed by atoms with Crippen LogP contribution in [0.25, 0.3) is 33.9 Å². The third-order valence-electron chi connectivity index (χ3n) is 11.1. The number of aromatic carboxylic acids is 1. The van der Waals surface area contributed by atoms with Gasteiger partial charge in [-0.2, -0.15) is 0 Å². The molecule has 0 saturated heterocycles. The van der Waals surface area contributed by atoms with E-state index in [0.717, 1.165) is 56.5 Å². The van der Waals surface area contributed by atoms with E-state index < -0.39 is 21.9 Å². The van der Waals surface area contributed by atoms with Crippen molar-refractivity contribution in [2.45, 2.75) is 32.0 Å². The predicted molar refractivity (Wildman–Crippen MR) is 272 cm³/mol. The zero-order valence-corrected chi connectivity index (χ0v) is 39.8. The van der Waals surface area contributed by atoms with Crippen molar-refractivity contribution in [3.05, 3.63) is 244 Å². The highest BCUT2D eigenvalue weighted by atomic mass is 35.5. The van der Waals surface area contributed by atoms with Gasteiger partial charge < -0.3 is 23.7 Å². The van der Waals surface area contributed by atoms with Crippen LogP contribution in [-0.4, -0.2) is 34.5 Å². The zero-order chi connectivity index (χ0) is 48.5. The maximum absolute atomic E-state index is 13.0. The van der Waals surface area contributed by atoms with Gasteiger partial charge in [0.05, 0.1) is 21.8 Å². The number of carbonyl (C=O) groups excluding carboxylic acids is 1. The molecule has 10 nitrogen and oxygen atoms in total. The highest BCUT2D eigenvalue weighted by Gasteiger charge is 2.21. The van der Waals surface area contributed by atoms with Crippen molar-refractivity contribution in [3.63, 3.8) is 0 Å². The van der Waals surface area contributed by atoms with Crippen LogP contribution in [0.3, 0.4) is 0 Å². The zero-order valence-electron chi connectivity index (χ0n) is 37.4. The lowest BCUT2D eigenvalue weighted by atomic mass is 10.1. The molecule has 0 saturated carbocycles. The average Bonchev–Trinajstić information content (AvgIpc) is 3.95. The Kier molecular flexibility index (Phi) is 14.8. The van der Waals surface area contributed by atoms with Crippen LogP contribution < -0.4 is 14.2 Å². The fourth-order valence-corrected chi connectivity index (χ4v) is 8.93. The number of halogens is 2. The number of rotatable bonds is 14. The molecule has 0 bridgehead atoms. The number of aryl methyl sites for hydroxylation is 2. The van der Waals surface area contributed by atoms with Crippen molar-refractivity contribution in [1.29, 1.82) is 0 Å². The number of ether oxygens (including phenoxy) is 2. The second-order valence-corrected chi connectivity index (χ2v) is 18.4. The molecule has 2 heterocycles. The molecular formula is C56H45Cl2N3O7S. The van der Waals surface area contributed by atoms with Gasteiger partial charge in [-0.3, -0.25) is 4.79 Å². The first kappa shape index (κ1) is 47.7. The lowest BCUT2D eigenvalue weighted by molar-refractivity contribution is 0.0696. The van der Waals surface area contributed by atoms with Crippen molar-refractivity contribution in [3.8, 4) is 45.4 Å². The molecule has 9 aromatic rings. The number of hydrogen-bond acceptors (Lipinski definition) is 6. The molecule has 9 rings (SSSR count). The smallest absolute Gasteiger partial charge is 0.335 e. The monoisotopic (exact) mass is 973 g/mol. The Labute approximate surface area is 410 Å². The van der Waals surface area contributed by atoms with E-state index in [1.165, 1.54) is 12.1 Å². The maximum atomic E-state index is 13.0. The van der Waals surface area contributed by atoms with Crippen LogP contribution in [0.15, 0.2) is 205 Å². The van der Waals surface area contributed by atoms with Crippen molar-refractivity contribution in [2.24, 2.45) is 0 Å². The van der Waals surface area contributed by atoms with Gasteiger partial charge in [-0.05, 0) is 146 Å². The SMILES string of the molecule is Cc1ccc(-c2ccccc2OCc2ccc(Cl)cc2)n1-c1cccc(C(=O)NS(=O)(=O)c2ccccc2)c1.Cc1ccc(-c2ccccc2OCc2ccc(Cl)cc2)n1-c1cccc(C(=O)O)c1. The lowest BCUT2D eigenvalue weighted by Crippen LogP contribution is -2.30. The summed E-state index contributed by atoms with van der Waals surface area (Å²) >= 11 is 12.0. The predicted octanol–water partition coefficient (Wildman–Crippen LogP) is 13.2. The van der Waals surface area contributed by atoms with E-state index in [4.69, 9.17) is 32.7 Å². The Balaban J connectivity index is 0.000000192. The van der Waals surface area contributed by atoms with Crippen LogP contribution in [0, 0.1) is 13.8 Å². The van der Waals surface area contributed by atoms with E-state index in [2.05, 4.69) is 4.72 Å². The van der Waals surface area contributed by atoms with Crippen molar-refractivity contribution in [2.75, 3.05) is 0 Å². The number of para-hydroxylation sites is 2. The molecular weight excluding hydrogens is 930 g/mol. The van der Waals surface area contributed by atoms with E-state index in [-0.39, 0.29) is 16.0 Å². The van der Waals surface area contributed by atoms with Gasteiger partial charge in [0.2, 0.25) is 0 Å². The lowest BCUT2D eigenvalue weighted by Gasteiger charge is -2.16. The van der Waals surface area contributed by atoms with Crippen molar-refractivity contribution < 1.29 is 32.6 Å². The number of aromatic nitrogens is 2. The topological polar surface area (TPSA) is 129 Å². The van der Waals surface area contributed by atoms with Gasteiger partial charge in [0, 0.05) is 49.5 Å². The van der Waals surface area contributed by atoms with E-state index in [9.17, 15) is 23.1 Å². The highest BCUT2D eigenvalue weighted by molar-refractivity contribution is 7.90. The summed E-state index contributed by atoms with van der Waals surface area (Å²) in [6, 6.07) is 60.2. The molecule has 7 aromatic carbocycles. The van der Waals surface area contributed by atoms with Crippen LogP contribution in [0.2, 0.25) is 10.0 Å². The van der Waals surface area contributed by atoms with Gasteiger partial charge >= 0.3 is 5.97 Å². The number of carbonyl (C=O) groups is 2. The Morgan fingerprint density at radius 1 is 0.522 bits per heavy atom. The number of nitrogens with one attached hydrogen (secondary N) is 1. The third-order valence-corrected chi connectivity index (χ3v) is 12.9. The van der Waals surface area contributed by atoms with Gasteiger partial charge in [0.25, 0.3) is 15.9 Å². The fraction of sp³-hybridized carbons (Fsp3) is 0.0714.